The maximum Gasteiger partial charge on any atom is 0.274 e. The van der Waals surface area contributed by atoms with E-state index in [0.717, 1.165) is 29.5 Å². The van der Waals surface area contributed by atoms with Gasteiger partial charge in [-0.15, -0.1) is 0 Å². The van der Waals surface area contributed by atoms with Crippen LogP contribution in [0.5, 0.6) is 0 Å². The minimum Gasteiger partial charge on any atom is -0.357 e. The van der Waals surface area contributed by atoms with E-state index >= 15 is 0 Å². The van der Waals surface area contributed by atoms with E-state index < -0.39 is 5.91 Å². The summed E-state index contributed by atoms with van der Waals surface area (Å²) in [6, 6.07) is 22.8. The number of hydroxylamine groups is 1. The lowest BCUT2D eigenvalue weighted by Gasteiger charge is -2.41. The van der Waals surface area contributed by atoms with Gasteiger partial charge in [0.15, 0.2) is 0 Å². The average molecular weight is 529 g/mol. The number of aromatic amines is 1. The van der Waals surface area contributed by atoms with Crippen molar-refractivity contribution in [3.05, 3.63) is 106 Å². The molecule has 0 radical (unpaired) electrons. The van der Waals surface area contributed by atoms with Crippen LogP contribution in [0.1, 0.15) is 51.6 Å². The highest BCUT2D eigenvalue weighted by atomic mass is 35.5. The number of H-pyrrole nitrogens is 1. The summed E-state index contributed by atoms with van der Waals surface area (Å²) in [5.41, 5.74) is 7.57. The molecule has 194 valence electrons. The Bertz CT molecular complexity index is 1480. The monoisotopic (exact) mass is 528 g/mol. The second-order valence-corrected chi connectivity index (χ2v) is 10.7. The number of hydrogen-bond acceptors (Lipinski definition) is 4. The topological polar surface area (TPSA) is 97.5 Å². The zero-order valence-electron chi connectivity index (χ0n) is 20.8. The Labute approximate surface area is 225 Å². The number of fused-ring (bicyclic) bond motifs is 3. The minimum absolute atomic E-state index is 0.0160. The Morgan fingerprint density at radius 3 is 2.39 bits per heavy atom. The third-order valence-electron chi connectivity index (χ3n) is 7.73. The van der Waals surface area contributed by atoms with Crippen molar-refractivity contribution in [3.63, 3.8) is 0 Å². The summed E-state index contributed by atoms with van der Waals surface area (Å²) in [6.07, 6.45) is 2.93. The van der Waals surface area contributed by atoms with Crippen molar-refractivity contribution in [2.24, 2.45) is 5.92 Å². The lowest BCUT2D eigenvalue weighted by molar-refractivity contribution is -0.128. The van der Waals surface area contributed by atoms with Gasteiger partial charge in [0.05, 0.1) is 12.1 Å². The Kier molecular flexibility index (Phi) is 6.66. The third-order valence-corrected chi connectivity index (χ3v) is 7.98. The Balaban J connectivity index is 1.31. The second kappa shape index (κ2) is 10.3. The Morgan fingerprint density at radius 1 is 0.974 bits per heavy atom. The van der Waals surface area contributed by atoms with E-state index in [1.54, 1.807) is 29.7 Å². The van der Waals surface area contributed by atoms with Gasteiger partial charge in [-0.05, 0) is 72.2 Å². The molecule has 2 aliphatic rings. The number of hydrogen-bond donors (Lipinski definition) is 4. The molecule has 1 saturated carbocycles. The first kappa shape index (κ1) is 24.7. The van der Waals surface area contributed by atoms with Gasteiger partial charge in [0.1, 0.15) is 0 Å². The fourth-order valence-corrected chi connectivity index (χ4v) is 5.81. The zero-order chi connectivity index (χ0) is 26.2. The number of benzene rings is 3. The third kappa shape index (κ3) is 4.80. The maximum absolute atomic E-state index is 13.8. The van der Waals surface area contributed by atoms with Gasteiger partial charge in [-0.25, -0.2) is 5.48 Å². The normalized spacial score (nSPS) is 19.2. The van der Waals surface area contributed by atoms with Crippen molar-refractivity contribution >= 4 is 34.3 Å². The largest absolute Gasteiger partial charge is 0.357 e. The summed E-state index contributed by atoms with van der Waals surface area (Å²) < 4.78 is 0. The molecular weight excluding hydrogens is 500 g/mol. The van der Waals surface area contributed by atoms with Crippen molar-refractivity contribution in [1.29, 1.82) is 0 Å². The van der Waals surface area contributed by atoms with Crippen LogP contribution in [-0.2, 0) is 24.3 Å². The number of aromatic nitrogens is 1. The van der Waals surface area contributed by atoms with Gasteiger partial charge in [-0.2, -0.15) is 0 Å². The molecular formula is C30H29ClN4O3. The van der Waals surface area contributed by atoms with Gasteiger partial charge in [-0.1, -0.05) is 54.1 Å². The zero-order valence-corrected chi connectivity index (χ0v) is 21.5. The predicted octanol–water partition coefficient (Wildman–Crippen LogP) is 5.13. The van der Waals surface area contributed by atoms with E-state index in [1.165, 1.54) is 16.6 Å². The highest BCUT2D eigenvalue weighted by Gasteiger charge is 2.46. The number of amides is 2. The molecule has 2 heterocycles. The number of nitrogens with zero attached hydrogens (tertiary/aromatic N) is 1. The van der Waals surface area contributed by atoms with Crippen molar-refractivity contribution in [1.82, 2.24) is 20.7 Å². The molecule has 3 aromatic carbocycles. The molecule has 4 N–H and O–H groups in total. The van der Waals surface area contributed by atoms with Gasteiger partial charge in [0, 0.05) is 40.3 Å². The van der Waals surface area contributed by atoms with Crippen LogP contribution < -0.4 is 10.8 Å². The van der Waals surface area contributed by atoms with Crippen LogP contribution in [0.4, 0.5) is 0 Å². The van der Waals surface area contributed by atoms with E-state index in [4.69, 9.17) is 16.8 Å². The summed E-state index contributed by atoms with van der Waals surface area (Å²) in [5.74, 6) is -0.0751. The summed E-state index contributed by atoms with van der Waals surface area (Å²) >= 11 is 6.15. The molecule has 38 heavy (non-hydrogen) atoms. The molecule has 7 nitrogen and oxygen atoms in total. The van der Waals surface area contributed by atoms with Crippen LogP contribution >= 0.6 is 11.6 Å². The molecule has 1 aliphatic carbocycles. The molecule has 0 saturated heterocycles. The van der Waals surface area contributed by atoms with Gasteiger partial charge in [0.25, 0.3) is 5.91 Å². The number of carbonyl (C=O) groups excluding carboxylic acids is 2. The molecule has 4 aromatic rings. The van der Waals surface area contributed by atoms with E-state index in [-0.39, 0.29) is 18.0 Å². The predicted molar refractivity (Wildman–Crippen MR) is 146 cm³/mol. The summed E-state index contributed by atoms with van der Waals surface area (Å²) in [4.78, 5) is 31.5. The molecule has 2 atom stereocenters. The lowest BCUT2D eigenvalue weighted by atomic mass is 9.88. The average Bonchev–Trinajstić information content (AvgIpc) is 3.72. The van der Waals surface area contributed by atoms with E-state index in [0.29, 0.717) is 36.0 Å². The number of halogens is 1. The molecule has 2 amide bonds. The highest BCUT2D eigenvalue weighted by molar-refractivity contribution is 6.30. The maximum atomic E-state index is 13.8. The van der Waals surface area contributed by atoms with Gasteiger partial charge >= 0.3 is 0 Å². The van der Waals surface area contributed by atoms with Crippen LogP contribution in [0, 0.1) is 5.92 Å². The van der Waals surface area contributed by atoms with E-state index in [9.17, 15) is 9.59 Å². The highest BCUT2D eigenvalue weighted by Crippen LogP contribution is 2.50. The van der Waals surface area contributed by atoms with Gasteiger partial charge in [0.2, 0.25) is 5.91 Å². The first-order valence-corrected chi connectivity index (χ1v) is 13.3. The molecule has 1 aromatic heterocycles. The lowest BCUT2D eigenvalue weighted by Crippen LogP contribution is -2.52. The number of nitrogens with one attached hydrogen (secondary N) is 3. The SMILES string of the molecule is O=C(NO)c1ccc(CNC(=O)[C@H]2Cc3c([nH]c4ccccc34)[C@H](C3CC3)N2Cc2ccc(Cl)cc2)cc1. The van der Waals surface area contributed by atoms with Gasteiger partial charge in [-0.3, -0.25) is 19.7 Å². The standard InChI is InChI=1S/C30H29ClN4O3/c31-22-13-7-19(8-14-22)17-35-26(30(37)32-16-18-5-9-21(10-6-18)29(36)34-38)15-24-23-3-1-2-4-25(23)33-27(24)28(35)20-11-12-20/h1-10,13-14,20,26,28,33,38H,11-12,15-17H2,(H,32,37)(H,34,36)/t26-,28+/m1/s1. The molecule has 0 bridgehead atoms. The molecule has 1 aliphatic heterocycles. The molecule has 6 rings (SSSR count). The molecule has 8 heteroatoms. The quantitative estimate of drug-likeness (QED) is 0.197. The fourth-order valence-electron chi connectivity index (χ4n) is 5.68. The first-order chi connectivity index (χ1) is 18.5. The Morgan fingerprint density at radius 2 is 1.68 bits per heavy atom. The minimum atomic E-state index is -0.568. The van der Waals surface area contributed by atoms with E-state index in [1.807, 2.05) is 30.3 Å². The van der Waals surface area contributed by atoms with Crippen LogP contribution in [0.15, 0.2) is 72.8 Å². The van der Waals surface area contributed by atoms with Crippen molar-refractivity contribution in [2.75, 3.05) is 0 Å². The van der Waals surface area contributed by atoms with E-state index in [2.05, 4.69) is 33.4 Å². The summed E-state index contributed by atoms with van der Waals surface area (Å²) in [6.45, 7) is 0.996. The molecule has 1 fully saturated rings. The van der Waals surface area contributed by atoms with Crippen molar-refractivity contribution in [2.45, 2.75) is 44.4 Å². The number of rotatable bonds is 7. The smallest absolute Gasteiger partial charge is 0.274 e. The molecule has 0 spiro atoms. The first-order valence-electron chi connectivity index (χ1n) is 12.9. The summed E-state index contributed by atoms with van der Waals surface area (Å²) in [5, 5.41) is 13.9. The van der Waals surface area contributed by atoms with Crippen molar-refractivity contribution in [3.8, 4) is 0 Å². The van der Waals surface area contributed by atoms with Crippen LogP contribution in [0.25, 0.3) is 10.9 Å². The Hall–Kier alpha value is -3.65. The number of carbonyl (C=O) groups is 2. The van der Waals surface area contributed by atoms with Crippen LogP contribution in [0.2, 0.25) is 5.02 Å². The van der Waals surface area contributed by atoms with Crippen LogP contribution in [0.3, 0.4) is 0 Å². The number of para-hydroxylation sites is 1. The fraction of sp³-hybridized carbons (Fsp3) is 0.267. The summed E-state index contributed by atoms with van der Waals surface area (Å²) in [7, 11) is 0. The molecule has 0 unspecified atom stereocenters. The second-order valence-electron chi connectivity index (χ2n) is 10.2. The van der Waals surface area contributed by atoms with Crippen molar-refractivity contribution < 1.29 is 14.8 Å². The van der Waals surface area contributed by atoms with Crippen LogP contribution in [-0.4, -0.2) is 32.9 Å². The van der Waals surface area contributed by atoms with Gasteiger partial charge < -0.3 is 10.3 Å².